The van der Waals surface area contributed by atoms with Gasteiger partial charge in [-0.1, -0.05) is 47.8 Å². The molecule has 9 nitrogen and oxygen atoms in total. The molecule has 1 aliphatic rings. The highest BCUT2D eigenvalue weighted by molar-refractivity contribution is 6.31. The molecule has 1 saturated carbocycles. The zero-order valence-corrected chi connectivity index (χ0v) is 19.5. The van der Waals surface area contributed by atoms with Gasteiger partial charge >= 0.3 is 18.1 Å². The number of anilines is 1. The van der Waals surface area contributed by atoms with Gasteiger partial charge in [-0.25, -0.2) is 9.78 Å². The summed E-state index contributed by atoms with van der Waals surface area (Å²) in [5, 5.41) is 15.7. The zero-order chi connectivity index (χ0) is 24.9. The Morgan fingerprint density at radius 1 is 1.29 bits per heavy atom. The normalized spacial score (nSPS) is 14.7. The molecule has 1 aromatic carbocycles. The van der Waals surface area contributed by atoms with E-state index in [1.54, 1.807) is 37.3 Å². The molecule has 2 N–H and O–H groups in total. The Morgan fingerprint density at radius 3 is 2.71 bits per heavy atom. The molecule has 0 radical (unpaired) electrons. The molecule has 2 unspecified atom stereocenters. The number of aromatic nitrogens is 2. The Labute approximate surface area is 205 Å². The van der Waals surface area contributed by atoms with Crippen LogP contribution in [0.3, 0.4) is 0 Å². The van der Waals surface area contributed by atoms with Gasteiger partial charge in [0.05, 0.1) is 5.92 Å². The Morgan fingerprint density at radius 2 is 2.06 bits per heavy atom. The second kappa shape index (κ2) is 10.7. The van der Waals surface area contributed by atoms with Gasteiger partial charge in [0.25, 0.3) is 0 Å². The van der Waals surface area contributed by atoms with Crippen molar-refractivity contribution in [3.05, 3.63) is 59.2 Å². The lowest BCUT2D eigenvalue weighted by Gasteiger charge is -2.15. The SMILES string of the molecule is CC(OC(=O)Nc1c(-c2ccc(OCC(CC3CC3)C(=O)O)nc2)noc1F)c1ccccc1Cl. The van der Waals surface area contributed by atoms with Gasteiger partial charge in [0.15, 0.2) is 5.69 Å². The zero-order valence-electron chi connectivity index (χ0n) is 18.7. The minimum Gasteiger partial charge on any atom is -0.481 e. The first-order valence-corrected chi connectivity index (χ1v) is 11.4. The molecule has 1 amide bonds. The summed E-state index contributed by atoms with van der Waals surface area (Å²) in [4.78, 5) is 27.9. The van der Waals surface area contributed by atoms with Crippen molar-refractivity contribution in [1.29, 1.82) is 0 Å². The number of carboxylic acids is 1. The molecule has 4 rings (SSSR count). The topological polar surface area (TPSA) is 124 Å². The van der Waals surface area contributed by atoms with Gasteiger partial charge in [0.1, 0.15) is 18.4 Å². The fourth-order valence-corrected chi connectivity index (χ4v) is 3.81. The van der Waals surface area contributed by atoms with E-state index in [9.17, 15) is 19.1 Å². The van der Waals surface area contributed by atoms with Crippen LogP contribution in [-0.2, 0) is 9.53 Å². The van der Waals surface area contributed by atoms with Gasteiger partial charge in [-0.15, -0.1) is 0 Å². The number of aliphatic carboxylic acids is 1. The third-order valence-electron chi connectivity index (χ3n) is 5.61. The molecule has 2 heterocycles. The Hall–Kier alpha value is -3.66. The molecule has 0 aliphatic heterocycles. The van der Waals surface area contributed by atoms with Crippen molar-refractivity contribution in [3.63, 3.8) is 0 Å². The molecule has 2 aromatic heterocycles. The van der Waals surface area contributed by atoms with Crippen molar-refractivity contribution >= 4 is 29.4 Å². The number of hydrogen-bond donors (Lipinski definition) is 2. The van der Waals surface area contributed by atoms with E-state index in [4.69, 9.17) is 21.1 Å². The summed E-state index contributed by atoms with van der Waals surface area (Å²) in [6, 6.07) is 8.82. The number of nitrogens with zero attached hydrogens (tertiary/aromatic N) is 2. The predicted molar refractivity (Wildman–Crippen MR) is 124 cm³/mol. The third kappa shape index (κ3) is 6.27. The van der Waals surface area contributed by atoms with Crippen LogP contribution in [0.15, 0.2) is 47.1 Å². The maximum Gasteiger partial charge on any atom is 0.412 e. The van der Waals surface area contributed by atoms with E-state index in [2.05, 4.69) is 20.0 Å². The molecule has 2 atom stereocenters. The highest BCUT2D eigenvalue weighted by Crippen LogP contribution is 2.36. The van der Waals surface area contributed by atoms with E-state index in [-0.39, 0.29) is 23.9 Å². The minimum absolute atomic E-state index is 0.000962. The summed E-state index contributed by atoms with van der Waals surface area (Å²) in [7, 11) is 0. The van der Waals surface area contributed by atoms with Gasteiger partial charge in [-0.3, -0.25) is 10.1 Å². The standard InChI is InChI=1S/C24H23ClFN3O6/c1-13(17-4-2-3-5-18(17)25)34-24(32)28-21-20(29-35-22(21)26)15-8-9-19(27-11-15)33-12-16(23(30)31)10-14-6-7-14/h2-5,8-9,11,13-14,16H,6-7,10,12H2,1H3,(H,28,32)(H,30,31). The molecular formula is C24H23ClFN3O6. The number of halogens is 2. The summed E-state index contributed by atoms with van der Waals surface area (Å²) in [5.41, 5.74) is 0.623. The maximum atomic E-state index is 14.2. The molecule has 35 heavy (non-hydrogen) atoms. The monoisotopic (exact) mass is 503 g/mol. The fraction of sp³-hybridized carbons (Fsp3) is 0.333. The molecule has 0 spiro atoms. The van der Waals surface area contributed by atoms with Crippen LogP contribution >= 0.6 is 11.6 Å². The van der Waals surface area contributed by atoms with Gasteiger partial charge in [-0.05, 0) is 31.4 Å². The van der Waals surface area contributed by atoms with Crippen LogP contribution in [0.2, 0.25) is 5.02 Å². The number of carbonyl (C=O) groups excluding carboxylic acids is 1. The number of benzene rings is 1. The third-order valence-corrected chi connectivity index (χ3v) is 5.95. The van der Waals surface area contributed by atoms with E-state index in [1.807, 2.05) is 0 Å². The summed E-state index contributed by atoms with van der Waals surface area (Å²) < 4.78 is 29.7. The summed E-state index contributed by atoms with van der Waals surface area (Å²) in [6.45, 7) is 1.63. The van der Waals surface area contributed by atoms with Gasteiger partial charge in [0.2, 0.25) is 5.88 Å². The number of carboxylic acid groups (broad SMARTS) is 1. The number of hydrogen-bond acceptors (Lipinski definition) is 7. The lowest BCUT2D eigenvalue weighted by molar-refractivity contribution is -0.143. The average Bonchev–Trinajstić information content (AvgIpc) is 3.59. The van der Waals surface area contributed by atoms with Crippen LogP contribution < -0.4 is 10.1 Å². The largest absolute Gasteiger partial charge is 0.481 e. The quantitative estimate of drug-likeness (QED) is 0.360. The first kappa shape index (κ1) is 24.5. The number of pyridine rings is 1. The van der Waals surface area contributed by atoms with Crippen LogP contribution in [0.1, 0.15) is 37.9 Å². The van der Waals surface area contributed by atoms with Gasteiger partial charge in [0, 0.05) is 28.4 Å². The van der Waals surface area contributed by atoms with Crippen molar-refractivity contribution in [2.24, 2.45) is 11.8 Å². The van der Waals surface area contributed by atoms with Crippen LogP contribution in [0.5, 0.6) is 5.88 Å². The van der Waals surface area contributed by atoms with Crippen LogP contribution in [0, 0.1) is 17.8 Å². The van der Waals surface area contributed by atoms with Crippen molar-refractivity contribution in [1.82, 2.24) is 10.1 Å². The second-order valence-corrected chi connectivity index (χ2v) is 8.69. The Kier molecular flexibility index (Phi) is 7.50. The van der Waals surface area contributed by atoms with Crippen LogP contribution in [0.4, 0.5) is 14.9 Å². The summed E-state index contributed by atoms with van der Waals surface area (Å²) in [6.07, 6.45) is 2.41. The molecular weight excluding hydrogens is 481 g/mol. The van der Waals surface area contributed by atoms with Crippen molar-refractivity contribution in [3.8, 4) is 17.1 Å². The van der Waals surface area contributed by atoms with E-state index < -0.39 is 30.1 Å². The van der Waals surface area contributed by atoms with Crippen molar-refractivity contribution in [2.75, 3.05) is 11.9 Å². The average molecular weight is 504 g/mol. The van der Waals surface area contributed by atoms with E-state index >= 15 is 0 Å². The number of amides is 1. The molecule has 11 heteroatoms. The Balaban J connectivity index is 1.39. The van der Waals surface area contributed by atoms with E-state index in [0.29, 0.717) is 28.5 Å². The lowest BCUT2D eigenvalue weighted by atomic mass is 10.0. The molecule has 0 bridgehead atoms. The van der Waals surface area contributed by atoms with E-state index in [1.165, 1.54) is 12.3 Å². The van der Waals surface area contributed by atoms with Crippen LogP contribution in [0.25, 0.3) is 11.3 Å². The van der Waals surface area contributed by atoms with Gasteiger partial charge in [-0.2, -0.15) is 4.39 Å². The molecule has 3 aromatic rings. The highest BCUT2D eigenvalue weighted by atomic mass is 35.5. The first-order chi connectivity index (χ1) is 16.8. The highest BCUT2D eigenvalue weighted by Gasteiger charge is 2.30. The number of ether oxygens (including phenoxy) is 2. The van der Waals surface area contributed by atoms with Crippen molar-refractivity contribution in [2.45, 2.75) is 32.3 Å². The molecule has 0 saturated heterocycles. The summed E-state index contributed by atoms with van der Waals surface area (Å²) in [5.74, 6) is -0.855. The predicted octanol–water partition coefficient (Wildman–Crippen LogP) is 5.72. The smallest absolute Gasteiger partial charge is 0.412 e. The summed E-state index contributed by atoms with van der Waals surface area (Å²) >= 11 is 6.13. The van der Waals surface area contributed by atoms with Gasteiger partial charge < -0.3 is 19.1 Å². The maximum absolute atomic E-state index is 14.2. The number of rotatable bonds is 10. The van der Waals surface area contributed by atoms with E-state index in [0.717, 1.165) is 12.8 Å². The Bertz CT molecular complexity index is 1200. The molecule has 1 fully saturated rings. The molecule has 184 valence electrons. The second-order valence-electron chi connectivity index (χ2n) is 8.28. The number of nitrogens with one attached hydrogen (secondary N) is 1. The first-order valence-electron chi connectivity index (χ1n) is 11.0. The minimum atomic E-state index is -1.10. The fourth-order valence-electron chi connectivity index (χ4n) is 3.52. The van der Waals surface area contributed by atoms with Crippen LogP contribution in [-0.4, -0.2) is 33.9 Å². The van der Waals surface area contributed by atoms with Crippen molar-refractivity contribution < 1.29 is 33.1 Å². The lowest BCUT2D eigenvalue weighted by Crippen LogP contribution is -2.22. The number of carbonyl (C=O) groups is 2. The molecule has 1 aliphatic carbocycles.